The first-order valence-corrected chi connectivity index (χ1v) is 11.5. The minimum atomic E-state index is -0.639. The molecule has 0 bridgehead atoms. The number of aliphatic hydroxyl groups excluding tert-OH is 1. The van der Waals surface area contributed by atoms with Gasteiger partial charge in [-0.15, -0.1) is 0 Å². The van der Waals surface area contributed by atoms with Crippen molar-refractivity contribution in [3.63, 3.8) is 0 Å². The van der Waals surface area contributed by atoms with Gasteiger partial charge in [-0.2, -0.15) is 0 Å². The average Bonchev–Trinajstić information content (AvgIpc) is 2.47. The molecule has 0 heterocycles. The van der Waals surface area contributed by atoms with Gasteiger partial charge in [0.1, 0.15) is 30.4 Å². The maximum atomic E-state index is 11.8. The molecule has 0 amide bonds. The molecule has 9 nitrogen and oxygen atoms in total. The van der Waals surface area contributed by atoms with Gasteiger partial charge in [-0.25, -0.2) is 4.79 Å². The summed E-state index contributed by atoms with van der Waals surface area (Å²) in [5.74, 6) is -1.24. The molecule has 0 fully saturated rings. The van der Waals surface area contributed by atoms with Gasteiger partial charge in [0, 0.05) is 6.08 Å². The van der Waals surface area contributed by atoms with E-state index in [-0.39, 0.29) is 39.6 Å². The fourth-order valence-corrected chi connectivity index (χ4v) is 2.81. The molecule has 0 saturated carbocycles. The Labute approximate surface area is 221 Å². The van der Waals surface area contributed by atoms with E-state index in [0.29, 0.717) is 22.1 Å². The fourth-order valence-electron chi connectivity index (χ4n) is 2.81. The molecule has 0 saturated heterocycles. The molecule has 216 valence electrons. The van der Waals surface area contributed by atoms with Crippen molar-refractivity contribution >= 4 is 17.9 Å². The lowest BCUT2D eigenvalue weighted by Gasteiger charge is -2.29. The van der Waals surface area contributed by atoms with Gasteiger partial charge < -0.3 is 43.1 Å². The van der Waals surface area contributed by atoms with Crippen LogP contribution in [-0.4, -0.2) is 111 Å². The lowest BCUT2D eigenvalue weighted by atomic mass is 10.2. The number of esters is 3. The highest BCUT2D eigenvalue weighted by Gasteiger charge is 2.27. The summed E-state index contributed by atoms with van der Waals surface area (Å²) >= 11 is 0. The topological polar surface area (TPSA) is 99.1 Å². The van der Waals surface area contributed by atoms with Crippen LogP contribution in [0.5, 0.6) is 0 Å². The minimum absolute atomic E-state index is 0. The first-order valence-electron chi connectivity index (χ1n) is 11.5. The van der Waals surface area contributed by atoms with Crippen LogP contribution in [0, 0.1) is 14.9 Å². The number of aliphatic hydroxyl groups is 1. The summed E-state index contributed by atoms with van der Waals surface area (Å²) in [7, 11) is 11.8. The highest BCUT2D eigenvalue weighted by Crippen LogP contribution is 2.13. The second-order valence-corrected chi connectivity index (χ2v) is 12.4. The SMILES string of the molecule is C=CC(=O)OC(CC(=O)OC(C)(C)C)C[N+](C)(C)C.CC(C)(C)OC(=O)CC(O)C[N+](C)(C)C.[CH3-].[CH3-]. The Balaban J connectivity index is -0.000000276. The summed E-state index contributed by atoms with van der Waals surface area (Å²) in [6.45, 7) is 15.3. The second-order valence-electron chi connectivity index (χ2n) is 12.4. The number of carbonyl (C=O) groups is 3. The molecular weight excluding hydrogens is 464 g/mol. The smallest absolute Gasteiger partial charge is 0.330 e. The molecular formula is C27H56N2O7. The zero-order valence-corrected chi connectivity index (χ0v) is 25.6. The molecule has 0 aromatic rings. The number of hydrogen-bond acceptors (Lipinski definition) is 7. The Morgan fingerprint density at radius 2 is 1.14 bits per heavy atom. The van der Waals surface area contributed by atoms with Crippen molar-refractivity contribution in [1.82, 2.24) is 0 Å². The first kappa shape index (κ1) is 41.2. The molecule has 36 heavy (non-hydrogen) atoms. The molecule has 2 atom stereocenters. The number of hydrogen-bond donors (Lipinski definition) is 1. The lowest BCUT2D eigenvalue weighted by Crippen LogP contribution is -2.44. The van der Waals surface area contributed by atoms with Crippen molar-refractivity contribution in [2.45, 2.75) is 77.8 Å². The van der Waals surface area contributed by atoms with Crippen molar-refractivity contribution in [1.29, 1.82) is 0 Å². The van der Waals surface area contributed by atoms with E-state index in [1.165, 1.54) is 0 Å². The fraction of sp³-hybridized carbons (Fsp3) is 0.741. The zero-order valence-electron chi connectivity index (χ0n) is 25.6. The predicted molar refractivity (Wildman–Crippen MR) is 146 cm³/mol. The predicted octanol–water partition coefficient (Wildman–Crippen LogP) is 3.21. The van der Waals surface area contributed by atoms with Gasteiger partial charge in [-0.3, -0.25) is 9.59 Å². The van der Waals surface area contributed by atoms with Crippen LogP contribution in [0.2, 0.25) is 0 Å². The molecule has 0 rings (SSSR count). The van der Waals surface area contributed by atoms with Crippen LogP contribution in [-0.2, 0) is 28.6 Å². The molecule has 0 aliphatic heterocycles. The van der Waals surface area contributed by atoms with Gasteiger partial charge in [-0.05, 0) is 41.5 Å². The molecule has 9 heteroatoms. The van der Waals surface area contributed by atoms with E-state index >= 15 is 0 Å². The Bertz CT molecular complexity index is 664. The molecule has 0 aliphatic carbocycles. The minimum Gasteiger partial charge on any atom is -0.460 e. The molecule has 1 N–H and O–H groups in total. The third-order valence-electron chi connectivity index (χ3n) is 3.60. The van der Waals surface area contributed by atoms with Crippen molar-refractivity contribution < 1.29 is 42.7 Å². The van der Waals surface area contributed by atoms with E-state index in [4.69, 9.17) is 14.2 Å². The number of carbonyl (C=O) groups excluding carboxylic acids is 3. The number of nitrogens with zero attached hydrogens (tertiary/aromatic N) is 2. The summed E-state index contributed by atoms with van der Waals surface area (Å²) in [5.41, 5.74) is -1.02. The summed E-state index contributed by atoms with van der Waals surface area (Å²) in [6, 6.07) is 0. The van der Waals surface area contributed by atoms with Gasteiger partial charge >= 0.3 is 17.9 Å². The van der Waals surface area contributed by atoms with Crippen LogP contribution in [0.15, 0.2) is 12.7 Å². The quantitative estimate of drug-likeness (QED) is 0.155. The van der Waals surface area contributed by atoms with E-state index < -0.39 is 29.4 Å². The zero-order chi connectivity index (χ0) is 27.5. The molecule has 0 spiro atoms. The first-order chi connectivity index (χ1) is 14.9. The average molecular weight is 521 g/mol. The van der Waals surface area contributed by atoms with Crippen molar-refractivity contribution in [3.8, 4) is 0 Å². The number of rotatable bonds is 10. The molecule has 0 aliphatic rings. The third-order valence-corrected chi connectivity index (χ3v) is 3.60. The third kappa shape index (κ3) is 30.1. The molecule has 0 aromatic carbocycles. The normalized spacial score (nSPS) is 13.4. The molecule has 2 unspecified atom stereocenters. The second kappa shape index (κ2) is 16.7. The number of quaternary nitrogens is 2. The van der Waals surface area contributed by atoms with Crippen molar-refractivity contribution in [3.05, 3.63) is 27.5 Å². The van der Waals surface area contributed by atoms with Crippen LogP contribution in [0.1, 0.15) is 54.4 Å². The van der Waals surface area contributed by atoms with Crippen molar-refractivity contribution in [2.75, 3.05) is 55.4 Å². The van der Waals surface area contributed by atoms with Crippen LogP contribution in [0.3, 0.4) is 0 Å². The summed E-state index contributed by atoms with van der Waals surface area (Å²) < 4.78 is 16.7. The van der Waals surface area contributed by atoms with E-state index in [1.54, 1.807) is 20.8 Å². The van der Waals surface area contributed by atoms with E-state index in [0.717, 1.165) is 6.08 Å². The number of ether oxygens (including phenoxy) is 3. The summed E-state index contributed by atoms with van der Waals surface area (Å²) in [5, 5.41) is 9.64. The lowest BCUT2D eigenvalue weighted by molar-refractivity contribution is -0.873. The van der Waals surface area contributed by atoms with Crippen LogP contribution in [0.25, 0.3) is 0 Å². The largest absolute Gasteiger partial charge is 0.460 e. The van der Waals surface area contributed by atoms with Crippen LogP contribution < -0.4 is 0 Å². The monoisotopic (exact) mass is 520 g/mol. The van der Waals surface area contributed by atoms with Gasteiger partial charge in [0.2, 0.25) is 0 Å². The Kier molecular flexibility index (Phi) is 19.1. The van der Waals surface area contributed by atoms with Gasteiger partial charge in [0.05, 0.1) is 55.1 Å². The highest BCUT2D eigenvalue weighted by molar-refractivity contribution is 5.81. The van der Waals surface area contributed by atoms with E-state index in [2.05, 4.69) is 6.58 Å². The Hall–Kier alpha value is -1.97. The molecule has 0 radical (unpaired) electrons. The standard InChI is InChI=1S/C14H26NO4.C11H24NO3.2CH3/c1-8-12(16)18-11(10-15(5,6)7)9-13(17)19-14(2,3)4;1-11(2,3)15-10(14)7-9(13)8-12(4,5)6;;/h8,11H,1,9-10H2,2-7H3;9,13H,7-8H2,1-6H3;2*1H3/q2*+1;2*-1. The number of likely N-dealkylation sites (N-methyl/N-ethyl adjacent to an activating group) is 2. The summed E-state index contributed by atoms with van der Waals surface area (Å²) in [6.07, 6.45) is 0.0527. The van der Waals surface area contributed by atoms with Gasteiger partial charge in [0.25, 0.3) is 0 Å². The van der Waals surface area contributed by atoms with E-state index in [9.17, 15) is 19.5 Å². The van der Waals surface area contributed by atoms with Crippen molar-refractivity contribution in [2.24, 2.45) is 0 Å². The van der Waals surface area contributed by atoms with E-state index in [1.807, 2.05) is 63.1 Å². The van der Waals surface area contributed by atoms with Crippen LogP contribution >= 0.6 is 0 Å². The highest BCUT2D eigenvalue weighted by atomic mass is 16.6. The van der Waals surface area contributed by atoms with Gasteiger partial charge in [-0.1, -0.05) is 6.58 Å². The Morgan fingerprint density at radius 1 is 0.778 bits per heavy atom. The van der Waals surface area contributed by atoms with Crippen LogP contribution in [0.4, 0.5) is 0 Å². The maximum Gasteiger partial charge on any atom is 0.330 e. The maximum absolute atomic E-state index is 11.8. The Morgan fingerprint density at radius 3 is 1.44 bits per heavy atom. The summed E-state index contributed by atoms with van der Waals surface area (Å²) in [4.78, 5) is 34.4. The van der Waals surface area contributed by atoms with Gasteiger partial charge in [0.15, 0.2) is 6.10 Å². The molecule has 0 aromatic heterocycles.